The van der Waals surface area contributed by atoms with Crippen molar-refractivity contribution in [3.05, 3.63) is 35.0 Å². The minimum Gasteiger partial charge on any atom is -0.369 e. The second kappa shape index (κ2) is 10.3. The fraction of sp³-hybridized carbons (Fsp3) is 0.444. The average Bonchev–Trinajstić information content (AvgIpc) is 3.55. The van der Waals surface area contributed by atoms with Crippen LogP contribution in [0.15, 0.2) is 23.6 Å². The third-order valence-electron chi connectivity index (χ3n) is 6.06. The van der Waals surface area contributed by atoms with Gasteiger partial charge in [0.05, 0.1) is 25.7 Å². The number of nitrogen functional groups attached to an aromatic ring is 1. The summed E-state index contributed by atoms with van der Waals surface area (Å²) in [5.41, 5.74) is 5.41. The van der Waals surface area contributed by atoms with Gasteiger partial charge in [0.15, 0.2) is 29.2 Å². The van der Waals surface area contributed by atoms with Crippen LogP contribution >= 0.6 is 14.5 Å². The SMILES string of the molecule is Nc1nc2c(ncn2[C@@H]2O[C@@H]3COP(O)(=S)OCCn4c(nc5cncnc54)COP(=O)(O)O[C@@H]2[C@@H]3F)c(=O)[nH]1. The van der Waals surface area contributed by atoms with Crippen molar-refractivity contribution >= 4 is 54.6 Å². The number of hydrogen-bond donors (Lipinski definition) is 4. The van der Waals surface area contributed by atoms with Crippen molar-refractivity contribution in [2.45, 2.75) is 37.8 Å². The molecule has 2 aliphatic heterocycles. The Bertz CT molecular complexity index is 1750. The first kappa shape index (κ1) is 27.4. The fourth-order valence-corrected chi connectivity index (χ4v) is 6.34. The van der Waals surface area contributed by atoms with Gasteiger partial charge in [-0.05, 0) is 11.8 Å². The van der Waals surface area contributed by atoms with E-state index in [1.165, 1.54) is 17.1 Å². The van der Waals surface area contributed by atoms with E-state index in [1.807, 2.05) is 0 Å². The van der Waals surface area contributed by atoms with E-state index in [1.54, 1.807) is 0 Å². The lowest BCUT2D eigenvalue weighted by Gasteiger charge is -2.23. The van der Waals surface area contributed by atoms with E-state index in [2.05, 4.69) is 29.9 Å². The Morgan fingerprint density at radius 3 is 2.85 bits per heavy atom. The van der Waals surface area contributed by atoms with Gasteiger partial charge in [-0.15, -0.1) is 0 Å². The number of H-pyrrole nitrogens is 1. The second-order valence-electron chi connectivity index (χ2n) is 8.61. The monoisotopic (exact) mass is 619 g/mol. The summed E-state index contributed by atoms with van der Waals surface area (Å²) >= 11 is 5.05. The Hall–Kier alpha value is -2.77. The first-order chi connectivity index (χ1) is 19.0. The normalized spacial score (nSPS) is 32.1. The number of hydrogen-bond acceptors (Lipinski definition) is 14. The van der Waals surface area contributed by atoms with Crippen LogP contribution in [0.4, 0.5) is 10.3 Å². The van der Waals surface area contributed by atoms with Crippen LogP contribution in [0.2, 0.25) is 0 Å². The molecular formula is C18H20FN9O9P2S. The van der Waals surface area contributed by atoms with Crippen molar-refractivity contribution in [1.82, 2.24) is 39.0 Å². The molecule has 0 amide bonds. The number of nitrogens with one attached hydrogen (secondary N) is 1. The van der Waals surface area contributed by atoms with Gasteiger partial charge in [-0.3, -0.25) is 23.4 Å². The van der Waals surface area contributed by atoms with Gasteiger partial charge in [0.25, 0.3) is 5.56 Å². The van der Waals surface area contributed by atoms with E-state index < -0.39 is 57.9 Å². The molecule has 0 spiro atoms. The quantitative estimate of drug-likeness (QED) is 0.206. The third-order valence-corrected chi connectivity index (χ3v) is 8.64. The smallest absolute Gasteiger partial charge is 0.369 e. The summed E-state index contributed by atoms with van der Waals surface area (Å²) in [6.07, 6.45) is -3.09. The molecule has 214 valence electrons. The largest absolute Gasteiger partial charge is 0.473 e. The lowest BCUT2D eigenvalue weighted by atomic mass is 10.1. The van der Waals surface area contributed by atoms with Gasteiger partial charge in [0, 0.05) is 6.54 Å². The van der Waals surface area contributed by atoms with Crippen molar-refractivity contribution in [2.24, 2.45) is 0 Å². The van der Waals surface area contributed by atoms with E-state index in [4.69, 9.17) is 40.4 Å². The van der Waals surface area contributed by atoms with Crippen LogP contribution in [-0.4, -0.2) is 80.4 Å². The van der Waals surface area contributed by atoms with Crippen LogP contribution in [0.25, 0.3) is 22.3 Å². The molecule has 1 fully saturated rings. The van der Waals surface area contributed by atoms with Gasteiger partial charge < -0.3 is 33.9 Å². The van der Waals surface area contributed by atoms with Crippen molar-refractivity contribution in [3.63, 3.8) is 0 Å². The van der Waals surface area contributed by atoms with Crippen molar-refractivity contribution in [1.29, 1.82) is 0 Å². The molecule has 6 rings (SSSR count). The molecule has 22 heteroatoms. The number of aromatic nitrogens is 8. The summed E-state index contributed by atoms with van der Waals surface area (Å²) in [5.74, 6) is -0.130. The number of nitrogens with two attached hydrogens (primary N) is 1. The molecule has 0 radical (unpaired) electrons. The number of ether oxygens (including phenoxy) is 1. The summed E-state index contributed by atoms with van der Waals surface area (Å²) < 4.78 is 58.3. The maximum Gasteiger partial charge on any atom is 0.473 e. The lowest BCUT2D eigenvalue weighted by molar-refractivity contribution is -0.0490. The zero-order chi connectivity index (χ0) is 28.2. The number of imidazole rings is 2. The standard InChI is InChI=1S/C18H20FN9O9P2S/c19-11-9-4-35-39(32,40)33-2-1-27-10(24-8-3-21-6-22-14(8)27)5-34-38(30,31)37-13(11)17(36-9)28-7-23-12-15(28)25-18(20)26-16(12)29/h3,6-7,9,11,13,17H,1-2,4-5H2,(H,30,31)(H,32,40)(H3,20,25,26,29)/t9-,11-,13-,17-,39?/m1/s1. The predicted molar refractivity (Wildman–Crippen MR) is 135 cm³/mol. The number of alkyl halides is 1. The number of aromatic amines is 1. The third kappa shape index (κ3) is 5.18. The molecule has 0 aromatic carbocycles. The van der Waals surface area contributed by atoms with E-state index in [-0.39, 0.29) is 36.1 Å². The molecule has 6 heterocycles. The number of nitrogens with zero attached hydrogens (tertiary/aromatic N) is 7. The first-order valence-electron chi connectivity index (χ1n) is 11.5. The van der Waals surface area contributed by atoms with Crippen LogP contribution in [0.3, 0.4) is 0 Å². The molecule has 4 aromatic heterocycles. The maximum absolute atomic E-state index is 15.7. The Morgan fingerprint density at radius 1 is 1.20 bits per heavy atom. The zero-order valence-electron chi connectivity index (χ0n) is 20.0. The molecule has 0 aliphatic carbocycles. The molecule has 1 saturated heterocycles. The molecule has 2 aliphatic rings. The Balaban J connectivity index is 1.38. The zero-order valence-corrected chi connectivity index (χ0v) is 22.6. The number of phosphoric acid groups is 1. The maximum atomic E-state index is 15.7. The van der Waals surface area contributed by atoms with Crippen LogP contribution in [0.5, 0.6) is 0 Å². The Kier molecular flexibility index (Phi) is 7.02. The molecule has 6 atom stereocenters. The average molecular weight is 619 g/mol. The Labute approximate surface area is 227 Å². The minimum atomic E-state index is -4.99. The summed E-state index contributed by atoms with van der Waals surface area (Å²) in [4.78, 5) is 56.0. The number of anilines is 1. The van der Waals surface area contributed by atoms with E-state index >= 15 is 4.39 Å². The fourth-order valence-electron chi connectivity index (χ4n) is 4.34. The molecule has 0 saturated carbocycles. The highest BCUT2D eigenvalue weighted by molar-refractivity contribution is 8.07. The molecule has 18 nitrogen and oxygen atoms in total. The highest BCUT2D eigenvalue weighted by atomic mass is 32.5. The van der Waals surface area contributed by atoms with Gasteiger partial charge in [0.2, 0.25) is 5.95 Å². The van der Waals surface area contributed by atoms with E-state index in [0.29, 0.717) is 11.2 Å². The van der Waals surface area contributed by atoms with Crippen molar-refractivity contribution in [3.8, 4) is 0 Å². The van der Waals surface area contributed by atoms with Crippen molar-refractivity contribution < 1.29 is 41.6 Å². The highest BCUT2D eigenvalue weighted by Crippen LogP contribution is 2.51. The van der Waals surface area contributed by atoms with Gasteiger partial charge >= 0.3 is 14.5 Å². The van der Waals surface area contributed by atoms with Crippen LogP contribution in [0.1, 0.15) is 12.1 Å². The van der Waals surface area contributed by atoms with E-state index in [0.717, 1.165) is 10.9 Å². The van der Waals surface area contributed by atoms with Crippen molar-refractivity contribution in [2.75, 3.05) is 18.9 Å². The summed E-state index contributed by atoms with van der Waals surface area (Å²) in [6, 6.07) is 0. The molecule has 2 bridgehead atoms. The van der Waals surface area contributed by atoms with Gasteiger partial charge in [0.1, 0.15) is 36.5 Å². The Morgan fingerprint density at radius 2 is 2.02 bits per heavy atom. The second-order valence-corrected chi connectivity index (χ2v) is 12.8. The highest BCUT2D eigenvalue weighted by Gasteiger charge is 2.51. The summed E-state index contributed by atoms with van der Waals surface area (Å²) in [6.45, 7) is -5.20. The number of rotatable bonds is 1. The predicted octanol–water partition coefficient (Wildman–Crippen LogP) is 0.0430. The van der Waals surface area contributed by atoms with Crippen LogP contribution in [0, 0.1) is 0 Å². The molecule has 40 heavy (non-hydrogen) atoms. The number of fused-ring (bicyclic) bond motifs is 6. The van der Waals surface area contributed by atoms with Gasteiger partial charge in [-0.25, -0.2) is 28.9 Å². The number of halogens is 1. The van der Waals surface area contributed by atoms with Crippen LogP contribution < -0.4 is 11.3 Å². The van der Waals surface area contributed by atoms with Crippen LogP contribution in [-0.2, 0) is 52.4 Å². The van der Waals surface area contributed by atoms with Gasteiger partial charge in [-0.2, -0.15) is 4.98 Å². The molecule has 5 N–H and O–H groups in total. The number of phosphoric ester groups is 1. The molecular weight excluding hydrogens is 599 g/mol. The summed E-state index contributed by atoms with van der Waals surface area (Å²) in [7, 11) is -4.99. The molecule has 4 aromatic rings. The topological polar surface area (TPSA) is 237 Å². The molecule has 2 unspecified atom stereocenters. The summed E-state index contributed by atoms with van der Waals surface area (Å²) in [5, 5.41) is 0. The first-order valence-corrected chi connectivity index (χ1v) is 15.5. The lowest BCUT2D eigenvalue weighted by Crippen LogP contribution is -2.32. The minimum absolute atomic E-state index is 0.0461. The van der Waals surface area contributed by atoms with Gasteiger partial charge in [-0.1, -0.05) is 0 Å². The van der Waals surface area contributed by atoms with E-state index in [9.17, 15) is 19.1 Å².